The van der Waals surface area contributed by atoms with E-state index in [0.717, 1.165) is 30.2 Å². The maximum absolute atomic E-state index is 5.96. The van der Waals surface area contributed by atoms with Crippen molar-refractivity contribution in [2.45, 2.75) is 58.4 Å². The van der Waals surface area contributed by atoms with Crippen LogP contribution in [0, 0.1) is 12.8 Å². The Morgan fingerprint density at radius 3 is 2.86 bits per heavy atom. The van der Waals surface area contributed by atoms with E-state index < -0.39 is 0 Å². The second kappa shape index (κ2) is 6.83. The number of rotatable bonds is 6. The fourth-order valence-electron chi connectivity index (χ4n) is 3.70. The zero-order chi connectivity index (χ0) is 14.7. The number of nitrogens with zero attached hydrogens (tertiary/aromatic N) is 2. The molecule has 1 aromatic carbocycles. The summed E-state index contributed by atoms with van der Waals surface area (Å²) in [6, 6.07) is 6.47. The van der Waals surface area contributed by atoms with Gasteiger partial charge in [0, 0.05) is 18.8 Å². The lowest BCUT2D eigenvalue weighted by Crippen LogP contribution is -2.06. The second-order valence-corrected chi connectivity index (χ2v) is 6.73. The van der Waals surface area contributed by atoms with Crippen LogP contribution in [0.4, 0.5) is 0 Å². The summed E-state index contributed by atoms with van der Waals surface area (Å²) in [6.45, 7) is 3.23. The van der Waals surface area contributed by atoms with Crippen LogP contribution < -0.4 is 0 Å². The third-order valence-corrected chi connectivity index (χ3v) is 5.04. The minimum absolute atomic E-state index is 0.644. The normalized spacial score (nSPS) is 16.1. The molecule has 0 bridgehead atoms. The summed E-state index contributed by atoms with van der Waals surface area (Å²) in [5.41, 5.74) is 3.69. The lowest BCUT2D eigenvalue weighted by molar-refractivity contribution is 0.458. The molecule has 3 rings (SSSR count). The highest BCUT2D eigenvalue weighted by molar-refractivity contribution is 6.17. The highest BCUT2D eigenvalue weighted by Crippen LogP contribution is 2.29. The van der Waals surface area contributed by atoms with Crippen LogP contribution in [-0.4, -0.2) is 15.4 Å². The average molecular weight is 305 g/mol. The van der Waals surface area contributed by atoms with Crippen LogP contribution in [0.1, 0.15) is 49.9 Å². The highest BCUT2D eigenvalue weighted by Gasteiger charge is 2.16. The molecule has 2 nitrogen and oxygen atoms in total. The zero-order valence-corrected chi connectivity index (χ0v) is 13.7. The van der Waals surface area contributed by atoms with Crippen molar-refractivity contribution in [3.63, 3.8) is 0 Å². The number of benzene rings is 1. The molecule has 0 N–H and O–H groups in total. The summed E-state index contributed by atoms with van der Waals surface area (Å²) < 4.78 is 2.40. The van der Waals surface area contributed by atoms with Crippen LogP contribution >= 0.6 is 11.6 Å². The van der Waals surface area contributed by atoms with E-state index in [2.05, 4.69) is 29.7 Å². The van der Waals surface area contributed by atoms with Crippen molar-refractivity contribution in [3.05, 3.63) is 29.6 Å². The summed E-state index contributed by atoms with van der Waals surface area (Å²) in [5.74, 6) is 2.77. The molecule has 1 aliphatic rings. The molecule has 1 fully saturated rings. The van der Waals surface area contributed by atoms with Gasteiger partial charge in [-0.15, -0.1) is 11.6 Å². The van der Waals surface area contributed by atoms with Gasteiger partial charge in [0.05, 0.1) is 11.0 Å². The molecular formula is C18H25ClN2. The number of aryl methyl sites for hydroxylation is 3. The average Bonchev–Trinajstić information content (AvgIpc) is 3.09. The van der Waals surface area contributed by atoms with Gasteiger partial charge in [0.2, 0.25) is 0 Å². The first kappa shape index (κ1) is 14.9. The van der Waals surface area contributed by atoms with Gasteiger partial charge in [0.15, 0.2) is 0 Å². The van der Waals surface area contributed by atoms with Crippen LogP contribution in [0.3, 0.4) is 0 Å². The van der Waals surface area contributed by atoms with Crippen molar-refractivity contribution < 1.29 is 0 Å². The van der Waals surface area contributed by atoms with Crippen molar-refractivity contribution in [3.8, 4) is 0 Å². The molecule has 1 aliphatic carbocycles. The molecule has 1 saturated carbocycles. The molecule has 0 unspecified atom stereocenters. The number of aromatic nitrogens is 2. The van der Waals surface area contributed by atoms with E-state index in [4.69, 9.17) is 16.6 Å². The molecular weight excluding hydrogens is 280 g/mol. The van der Waals surface area contributed by atoms with Gasteiger partial charge >= 0.3 is 0 Å². The van der Waals surface area contributed by atoms with Crippen molar-refractivity contribution in [2.24, 2.45) is 5.92 Å². The summed E-state index contributed by atoms with van der Waals surface area (Å²) in [5, 5.41) is 0. The van der Waals surface area contributed by atoms with E-state index >= 15 is 0 Å². The summed E-state index contributed by atoms with van der Waals surface area (Å²) in [4.78, 5) is 4.83. The molecule has 0 atom stereocenters. The third kappa shape index (κ3) is 3.26. The summed E-state index contributed by atoms with van der Waals surface area (Å²) in [7, 11) is 0. The number of alkyl halides is 1. The second-order valence-electron chi connectivity index (χ2n) is 6.35. The molecule has 114 valence electrons. The van der Waals surface area contributed by atoms with Gasteiger partial charge in [-0.05, 0) is 37.3 Å². The molecule has 0 amide bonds. The summed E-state index contributed by atoms with van der Waals surface area (Å²) >= 11 is 5.96. The Labute approximate surface area is 132 Å². The molecule has 3 heteroatoms. The quantitative estimate of drug-likeness (QED) is 0.679. The first-order valence-electron chi connectivity index (χ1n) is 8.30. The van der Waals surface area contributed by atoms with Crippen LogP contribution in [-0.2, 0) is 13.0 Å². The number of hydrogen-bond acceptors (Lipinski definition) is 1. The van der Waals surface area contributed by atoms with Gasteiger partial charge in [0.1, 0.15) is 5.82 Å². The van der Waals surface area contributed by atoms with Crippen molar-refractivity contribution >= 4 is 22.6 Å². The van der Waals surface area contributed by atoms with Gasteiger partial charge in [-0.3, -0.25) is 0 Å². The monoisotopic (exact) mass is 304 g/mol. The van der Waals surface area contributed by atoms with Crippen LogP contribution in [0.2, 0.25) is 0 Å². The Bertz CT molecular complexity index is 597. The van der Waals surface area contributed by atoms with E-state index in [1.165, 1.54) is 49.6 Å². The van der Waals surface area contributed by atoms with E-state index in [-0.39, 0.29) is 0 Å². The Kier molecular flexibility index (Phi) is 4.84. The van der Waals surface area contributed by atoms with E-state index in [1.807, 2.05) is 0 Å². The minimum atomic E-state index is 0.644. The van der Waals surface area contributed by atoms with Gasteiger partial charge in [-0.1, -0.05) is 37.8 Å². The molecule has 1 aromatic heterocycles. The van der Waals surface area contributed by atoms with Crippen LogP contribution in [0.15, 0.2) is 18.2 Å². The number of fused-ring (bicyclic) bond motifs is 1. The molecule has 0 saturated heterocycles. The van der Waals surface area contributed by atoms with Gasteiger partial charge in [-0.25, -0.2) is 4.98 Å². The van der Waals surface area contributed by atoms with Gasteiger partial charge in [-0.2, -0.15) is 0 Å². The molecule has 0 radical (unpaired) electrons. The lowest BCUT2D eigenvalue weighted by atomic mass is 10.0. The summed E-state index contributed by atoms with van der Waals surface area (Å²) in [6.07, 6.45) is 9.26. The number of hydrogen-bond donors (Lipinski definition) is 0. The van der Waals surface area contributed by atoms with Crippen LogP contribution in [0.5, 0.6) is 0 Å². The van der Waals surface area contributed by atoms with Gasteiger partial charge in [0.25, 0.3) is 0 Å². The molecule has 0 spiro atoms. The van der Waals surface area contributed by atoms with E-state index in [9.17, 15) is 0 Å². The van der Waals surface area contributed by atoms with E-state index in [1.54, 1.807) is 0 Å². The minimum Gasteiger partial charge on any atom is -0.328 e. The SMILES string of the molecule is Cc1cccc2c1nc(CCCl)n2CCCC1CCCC1. The fourth-order valence-corrected chi connectivity index (χ4v) is 3.87. The number of para-hydroxylation sites is 1. The topological polar surface area (TPSA) is 17.8 Å². The predicted octanol–water partition coefficient (Wildman–Crippen LogP) is 5.10. The van der Waals surface area contributed by atoms with Crippen LogP contribution in [0.25, 0.3) is 11.0 Å². The molecule has 21 heavy (non-hydrogen) atoms. The Hall–Kier alpha value is -1.02. The van der Waals surface area contributed by atoms with Crippen molar-refractivity contribution in [1.82, 2.24) is 9.55 Å². The molecule has 2 aromatic rings. The number of halogens is 1. The Balaban J connectivity index is 1.78. The third-order valence-electron chi connectivity index (χ3n) is 4.85. The maximum Gasteiger partial charge on any atom is 0.111 e. The highest BCUT2D eigenvalue weighted by atomic mass is 35.5. The number of imidazole rings is 1. The first-order chi connectivity index (χ1) is 10.3. The smallest absolute Gasteiger partial charge is 0.111 e. The zero-order valence-electron chi connectivity index (χ0n) is 12.9. The first-order valence-corrected chi connectivity index (χ1v) is 8.83. The lowest BCUT2D eigenvalue weighted by Gasteiger charge is -2.11. The van der Waals surface area contributed by atoms with Crippen molar-refractivity contribution in [1.29, 1.82) is 0 Å². The standard InChI is InChI=1S/C18H25ClN2/c1-14-6-4-10-16-18(14)20-17(11-12-19)21(16)13-5-9-15-7-2-3-8-15/h4,6,10,15H,2-3,5,7-9,11-13H2,1H3. The molecule has 1 heterocycles. The Morgan fingerprint density at radius 2 is 2.10 bits per heavy atom. The van der Waals surface area contributed by atoms with Crippen molar-refractivity contribution in [2.75, 3.05) is 5.88 Å². The van der Waals surface area contributed by atoms with E-state index in [0.29, 0.717) is 5.88 Å². The predicted molar refractivity (Wildman–Crippen MR) is 90.1 cm³/mol. The maximum atomic E-state index is 5.96. The van der Waals surface area contributed by atoms with Gasteiger partial charge < -0.3 is 4.57 Å². The largest absolute Gasteiger partial charge is 0.328 e. The Morgan fingerprint density at radius 1 is 1.29 bits per heavy atom. The fraction of sp³-hybridized carbons (Fsp3) is 0.611. The molecule has 0 aliphatic heterocycles.